The Balaban J connectivity index is 1.03. The van der Waals surface area contributed by atoms with Crippen LogP contribution in [0, 0.1) is 5.82 Å². The smallest absolute Gasteiger partial charge is 0.248 e. The number of anilines is 2. The van der Waals surface area contributed by atoms with Gasteiger partial charge in [-0.05, 0) is 48.0 Å². The minimum Gasteiger partial charge on any atom is -0.453 e. The molecule has 1 aliphatic heterocycles. The van der Waals surface area contributed by atoms with E-state index in [0.29, 0.717) is 41.0 Å². The number of aromatic amines is 1. The van der Waals surface area contributed by atoms with E-state index >= 15 is 4.39 Å². The molecule has 2 aromatic carbocycles. The van der Waals surface area contributed by atoms with E-state index in [1.54, 1.807) is 41.4 Å². The fraction of sp³-hybridized carbons (Fsp3) is 0.188. The summed E-state index contributed by atoms with van der Waals surface area (Å²) >= 11 is 7.53. The van der Waals surface area contributed by atoms with Crippen LogP contribution in [-0.2, 0) is 11.3 Å². The molecule has 1 amide bonds. The number of aromatic nitrogens is 4. The molecular weight excluding hydrogens is 617 g/mol. The monoisotopic (exact) mass is 643 g/mol. The van der Waals surface area contributed by atoms with Gasteiger partial charge in [-0.25, -0.2) is 9.37 Å². The van der Waals surface area contributed by atoms with Gasteiger partial charge in [0.15, 0.2) is 11.6 Å². The number of nitrogens with zero attached hydrogens (tertiary/aromatic N) is 5. The first-order valence-corrected chi connectivity index (χ1v) is 15.5. The lowest BCUT2D eigenvalue weighted by atomic mass is 10.2. The highest BCUT2D eigenvalue weighted by molar-refractivity contribution is 7.22. The van der Waals surface area contributed by atoms with E-state index in [9.17, 15) is 4.79 Å². The fourth-order valence-corrected chi connectivity index (χ4v) is 6.46. The summed E-state index contributed by atoms with van der Waals surface area (Å²) in [7, 11) is 0. The van der Waals surface area contributed by atoms with E-state index in [0.717, 1.165) is 51.5 Å². The number of ether oxygens (including phenoxy) is 1. The molecule has 0 spiro atoms. The molecule has 3 N–H and O–H groups in total. The van der Waals surface area contributed by atoms with E-state index in [1.807, 2.05) is 30.5 Å². The third-order valence-corrected chi connectivity index (χ3v) is 8.98. The van der Waals surface area contributed by atoms with Crippen LogP contribution in [-0.4, -0.2) is 73.5 Å². The van der Waals surface area contributed by atoms with Gasteiger partial charge in [0.1, 0.15) is 12.4 Å². The van der Waals surface area contributed by atoms with Crippen LogP contribution in [0.5, 0.6) is 11.5 Å². The first kappa shape index (κ1) is 29.1. The van der Waals surface area contributed by atoms with Gasteiger partial charge in [0.2, 0.25) is 11.9 Å². The Kier molecular flexibility index (Phi) is 8.03. The average Bonchev–Trinajstić information content (AvgIpc) is 3.67. The van der Waals surface area contributed by atoms with Crippen molar-refractivity contribution < 1.29 is 19.0 Å². The lowest BCUT2D eigenvalue weighted by Crippen LogP contribution is -2.49. The number of nitrogens with one attached hydrogen (secondary N) is 2. The van der Waals surface area contributed by atoms with Gasteiger partial charge in [0.05, 0.1) is 31.8 Å². The summed E-state index contributed by atoms with van der Waals surface area (Å²) in [6, 6.07) is 17.7. The van der Waals surface area contributed by atoms with Crippen molar-refractivity contribution in [2.45, 2.75) is 6.54 Å². The number of hydrogen-bond acceptors (Lipinski definition) is 9. The minimum absolute atomic E-state index is 0.0865. The van der Waals surface area contributed by atoms with Crippen LogP contribution in [0.3, 0.4) is 0 Å². The lowest BCUT2D eigenvalue weighted by Gasteiger charge is -2.34. The molecule has 45 heavy (non-hydrogen) atoms. The van der Waals surface area contributed by atoms with Crippen molar-refractivity contribution in [1.82, 2.24) is 29.7 Å². The maximum Gasteiger partial charge on any atom is 0.248 e. The van der Waals surface area contributed by atoms with Crippen LogP contribution in [0.25, 0.3) is 31.8 Å². The standard InChI is InChI=1S/C32H27ClFN7O3S/c33-20-2-5-23-25(13-20)39-32(38-23)37-21-3-6-27(22(34)14-21)44-28-7-8-35-26-15-29(45-31(26)28)24-4-1-19(16-36-24)17-40-9-11-41(12-10-40)30(43)18-42/h1-8,13-16,42H,9-12,17-18H2,(H2,37,38,39). The van der Waals surface area contributed by atoms with Gasteiger partial charge < -0.3 is 25.0 Å². The first-order chi connectivity index (χ1) is 21.9. The minimum atomic E-state index is -0.528. The molecule has 0 saturated carbocycles. The summed E-state index contributed by atoms with van der Waals surface area (Å²) in [5, 5.41) is 12.7. The molecule has 228 valence electrons. The molecule has 0 bridgehead atoms. The van der Waals surface area contributed by atoms with E-state index < -0.39 is 12.4 Å². The van der Waals surface area contributed by atoms with E-state index in [-0.39, 0.29) is 11.7 Å². The maximum absolute atomic E-state index is 15.2. The summed E-state index contributed by atoms with van der Waals surface area (Å²) < 4.78 is 22.0. The molecule has 6 aromatic rings. The molecule has 5 heterocycles. The number of aliphatic hydroxyl groups excluding tert-OH is 1. The summed E-state index contributed by atoms with van der Waals surface area (Å²) in [6.07, 6.45) is 3.50. The van der Waals surface area contributed by atoms with Crippen molar-refractivity contribution in [1.29, 1.82) is 0 Å². The number of H-pyrrole nitrogens is 1. The summed E-state index contributed by atoms with van der Waals surface area (Å²) in [4.78, 5) is 33.4. The number of hydrogen-bond donors (Lipinski definition) is 3. The Hall–Kier alpha value is -4.62. The first-order valence-electron chi connectivity index (χ1n) is 14.3. The van der Waals surface area contributed by atoms with Gasteiger partial charge in [-0.2, -0.15) is 0 Å². The molecule has 1 fully saturated rings. The van der Waals surface area contributed by atoms with Crippen LogP contribution in [0.1, 0.15) is 5.56 Å². The molecule has 0 radical (unpaired) electrons. The highest BCUT2D eigenvalue weighted by Crippen LogP contribution is 2.39. The Morgan fingerprint density at radius 1 is 1.02 bits per heavy atom. The van der Waals surface area contributed by atoms with Crippen molar-refractivity contribution in [3.05, 3.63) is 89.5 Å². The van der Waals surface area contributed by atoms with Crippen molar-refractivity contribution in [3.8, 4) is 22.1 Å². The van der Waals surface area contributed by atoms with Crippen LogP contribution >= 0.6 is 22.9 Å². The normalized spacial score (nSPS) is 13.9. The van der Waals surface area contributed by atoms with E-state index in [1.165, 1.54) is 17.4 Å². The average molecular weight is 644 g/mol. The van der Waals surface area contributed by atoms with Gasteiger partial charge in [0, 0.05) is 68.0 Å². The number of imidazole rings is 1. The Labute approximate surface area is 266 Å². The highest BCUT2D eigenvalue weighted by atomic mass is 35.5. The largest absolute Gasteiger partial charge is 0.453 e. The molecule has 0 unspecified atom stereocenters. The second-order valence-corrected chi connectivity index (χ2v) is 12.1. The second-order valence-electron chi connectivity index (χ2n) is 10.6. The van der Waals surface area contributed by atoms with Crippen molar-refractivity contribution >= 4 is 61.7 Å². The van der Waals surface area contributed by atoms with Crippen LogP contribution in [0.2, 0.25) is 5.02 Å². The van der Waals surface area contributed by atoms with Crippen molar-refractivity contribution in [2.75, 3.05) is 38.1 Å². The number of rotatable bonds is 8. The molecule has 13 heteroatoms. The topological polar surface area (TPSA) is 120 Å². The van der Waals surface area contributed by atoms with E-state index in [4.69, 9.17) is 26.4 Å². The number of carbonyl (C=O) groups excluding carboxylic acids is 1. The Morgan fingerprint density at radius 2 is 1.89 bits per heavy atom. The van der Waals surface area contributed by atoms with Gasteiger partial charge >= 0.3 is 0 Å². The van der Waals surface area contributed by atoms with Crippen molar-refractivity contribution in [3.63, 3.8) is 0 Å². The fourth-order valence-electron chi connectivity index (χ4n) is 5.25. The zero-order valence-corrected chi connectivity index (χ0v) is 25.4. The molecule has 7 rings (SSSR count). The number of benzene rings is 2. The number of pyridine rings is 2. The number of amides is 1. The highest BCUT2D eigenvalue weighted by Gasteiger charge is 2.21. The van der Waals surface area contributed by atoms with Gasteiger partial charge in [-0.3, -0.25) is 19.7 Å². The van der Waals surface area contributed by atoms with Gasteiger partial charge in [-0.15, -0.1) is 11.3 Å². The molecule has 1 saturated heterocycles. The predicted octanol–water partition coefficient (Wildman–Crippen LogP) is 6.20. The number of aliphatic hydroxyl groups is 1. The zero-order chi connectivity index (χ0) is 30.9. The van der Waals surface area contributed by atoms with Crippen LogP contribution in [0.4, 0.5) is 16.0 Å². The van der Waals surface area contributed by atoms with Crippen LogP contribution in [0.15, 0.2) is 73.1 Å². The Morgan fingerprint density at radius 3 is 2.67 bits per heavy atom. The zero-order valence-electron chi connectivity index (χ0n) is 23.8. The molecule has 10 nitrogen and oxygen atoms in total. The second kappa shape index (κ2) is 12.4. The summed E-state index contributed by atoms with van der Waals surface area (Å²) in [5.41, 5.74) is 4.64. The summed E-state index contributed by atoms with van der Waals surface area (Å²) in [5.74, 6) is 0.302. The number of thiophene rings is 1. The predicted molar refractivity (Wildman–Crippen MR) is 173 cm³/mol. The molecule has 4 aromatic heterocycles. The number of piperazine rings is 1. The molecule has 1 aliphatic rings. The molecular formula is C32H27ClFN7O3S. The number of fused-ring (bicyclic) bond motifs is 2. The number of halogens is 2. The Bertz CT molecular complexity index is 2010. The third-order valence-electron chi connectivity index (χ3n) is 7.58. The van der Waals surface area contributed by atoms with Crippen LogP contribution < -0.4 is 10.1 Å². The van der Waals surface area contributed by atoms with Crippen molar-refractivity contribution in [2.24, 2.45) is 0 Å². The molecule has 0 atom stereocenters. The maximum atomic E-state index is 15.2. The molecule has 0 aliphatic carbocycles. The number of carbonyl (C=O) groups is 1. The summed E-state index contributed by atoms with van der Waals surface area (Å²) in [6.45, 7) is 2.98. The van der Waals surface area contributed by atoms with Gasteiger partial charge in [0.25, 0.3) is 0 Å². The lowest BCUT2D eigenvalue weighted by molar-refractivity contribution is -0.136. The van der Waals surface area contributed by atoms with Gasteiger partial charge in [-0.1, -0.05) is 17.7 Å². The third kappa shape index (κ3) is 6.31. The SMILES string of the molecule is O=C(CO)N1CCN(Cc2ccc(-c3cc4nccc(Oc5ccc(Nc6nc7cc(Cl)ccc7[nH]6)cc5F)c4s3)nc2)CC1. The quantitative estimate of drug-likeness (QED) is 0.179. The van der Waals surface area contributed by atoms with E-state index in [2.05, 4.69) is 25.2 Å².